The Labute approximate surface area is 68.2 Å². The number of rotatable bonds is 5. The highest BCUT2D eigenvalue weighted by molar-refractivity contribution is 5.65. The number of hydrogen-bond acceptors (Lipinski definition) is 2. The van der Waals surface area contributed by atoms with E-state index in [0.29, 0.717) is 6.61 Å². The van der Waals surface area contributed by atoms with Crippen LogP contribution in [-0.4, -0.2) is 12.6 Å². The van der Waals surface area contributed by atoms with Crippen molar-refractivity contribution < 1.29 is 9.53 Å². The van der Waals surface area contributed by atoms with E-state index in [9.17, 15) is 4.79 Å². The number of ether oxygens (including phenoxy) is 1. The van der Waals surface area contributed by atoms with E-state index < -0.39 is 0 Å². The quantitative estimate of drug-likeness (QED) is 0.347. The fourth-order valence-corrected chi connectivity index (χ4v) is 0.702. The minimum Gasteiger partial charge on any atom is -0.466 e. The minimum atomic E-state index is -0.190. The van der Waals surface area contributed by atoms with Crippen molar-refractivity contribution in [2.45, 2.75) is 33.1 Å². The van der Waals surface area contributed by atoms with E-state index in [4.69, 9.17) is 4.74 Å². The maximum absolute atomic E-state index is 10.3. The van der Waals surface area contributed by atoms with E-state index >= 15 is 0 Å². The number of allylic oxidation sites excluding steroid dienone is 2. The SMILES string of the molecule is CCC=CCCCOC(C)=O. The monoisotopic (exact) mass is 156 g/mol. The Morgan fingerprint density at radius 2 is 2.18 bits per heavy atom. The van der Waals surface area contributed by atoms with Crippen molar-refractivity contribution in [3.05, 3.63) is 12.2 Å². The first-order chi connectivity index (χ1) is 5.27. The molecule has 2 heteroatoms. The zero-order valence-electron chi connectivity index (χ0n) is 7.30. The maximum Gasteiger partial charge on any atom is 0.302 e. The van der Waals surface area contributed by atoms with Gasteiger partial charge in [0.1, 0.15) is 0 Å². The van der Waals surface area contributed by atoms with Gasteiger partial charge in [0, 0.05) is 6.92 Å². The van der Waals surface area contributed by atoms with Crippen LogP contribution in [0.5, 0.6) is 0 Å². The van der Waals surface area contributed by atoms with Crippen molar-refractivity contribution in [1.29, 1.82) is 0 Å². The second-order valence-electron chi connectivity index (χ2n) is 2.36. The van der Waals surface area contributed by atoms with E-state index in [2.05, 4.69) is 19.1 Å². The van der Waals surface area contributed by atoms with Crippen LogP contribution in [-0.2, 0) is 9.53 Å². The van der Waals surface area contributed by atoms with Crippen LogP contribution in [0.3, 0.4) is 0 Å². The van der Waals surface area contributed by atoms with E-state index in [1.807, 2.05) is 0 Å². The molecule has 64 valence electrons. The first-order valence-electron chi connectivity index (χ1n) is 4.05. The van der Waals surface area contributed by atoms with Crippen molar-refractivity contribution in [2.24, 2.45) is 0 Å². The molecule has 0 aliphatic rings. The highest BCUT2D eigenvalue weighted by atomic mass is 16.5. The van der Waals surface area contributed by atoms with Gasteiger partial charge in [-0.05, 0) is 19.3 Å². The summed E-state index contributed by atoms with van der Waals surface area (Å²) in [6.45, 7) is 4.08. The summed E-state index contributed by atoms with van der Waals surface area (Å²) in [5.41, 5.74) is 0. The van der Waals surface area contributed by atoms with Gasteiger partial charge in [0.15, 0.2) is 0 Å². The fraction of sp³-hybridized carbons (Fsp3) is 0.667. The summed E-state index contributed by atoms with van der Waals surface area (Å²) in [5.74, 6) is -0.190. The predicted octanol–water partition coefficient (Wildman–Crippen LogP) is 2.30. The van der Waals surface area contributed by atoms with Gasteiger partial charge < -0.3 is 4.74 Å². The van der Waals surface area contributed by atoms with Gasteiger partial charge in [-0.25, -0.2) is 0 Å². The van der Waals surface area contributed by atoms with Gasteiger partial charge in [-0.15, -0.1) is 0 Å². The van der Waals surface area contributed by atoms with Gasteiger partial charge >= 0.3 is 5.97 Å². The van der Waals surface area contributed by atoms with E-state index in [1.54, 1.807) is 0 Å². The van der Waals surface area contributed by atoms with Crippen LogP contribution in [0.2, 0.25) is 0 Å². The van der Waals surface area contributed by atoms with Crippen molar-refractivity contribution in [3.8, 4) is 0 Å². The zero-order chi connectivity index (χ0) is 8.53. The Morgan fingerprint density at radius 3 is 2.73 bits per heavy atom. The molecule has 0 spiro atoms. The summed E-state index contributed by atoms with van der Waals surface area (Å²) < 4.78 is 4.75. The summed E-state index contributed by atoms with van der Waals surface area (Å²) >= 11 is 0. The number of unbranched alkanes of at least 4 members (excludes halogenated alkanes) is 1. The van der Waals surface area contributed by atoms with Gasteiger partial charge in [-0.3, -0.25) is 4.79 Å². The van der Waals surface area contributed by atoms with E-state index in [1.165, 1.54) is 6.92 Å². The molecule has 0 atom stereocenters. The second-order valence-corrected chi connectivity index (χ2v) is 2.36. The Bertz CT molecular complexity index is 128. The lowest BCUT2D eigenvalue weighted by Gasteiger charge is -1.97. The third kappa shape index (κ3) is 9.21. The molecule has 0 saturated carbocycles. The standard InChI is InChI=1S/C9H16O2/c1-3-4-5-6-7-8-11-9(2)10/h4-5H,3,6-8H2,1-2H3. The van der Waals surface area contributed by atoms with Crippen LogP contribution < -0.4 is 0 Å². The zero-order valence-corrected chi connectivity index (χ0v) is 7.30. The molecule has 0 aliphatic heterocycles. The molecule has 0 radical (unpaired) electrons. The van der Waals surface area contributed by atoms with E-state index in [-0.39, 0.29) is 5.97 Å². The average Bonchev–Trinajstić information content (AvgIpc) is 1.96. The molecule has 0 unspecified atom stereocenters. The topological polar surface area (TPSA) is 26.3 Å². The number of carbonyl (C=O) groups excluding carboxylic acids is 1. The molecule has 0 bridgehead atoms. The summed E-state index contributed by atoms with van der Waals surface area (Å²) in [6.07, 6.45) is 7.24. The van der Waals surface area contributed by atoms with Gasteiger partial charge in [-0.2, -0.15) is 0 Å². The number of carbonyl (C=O) groups is 1. The van der Waals surface area contributed by atoms with Crippen molar-refractivity contribution >= 4 is 5.97 Å². The lowest BCUT2D eigenvalue weighted by Crippen LogP contribution is -1.99. The molecule has 0 aromatic heterocycles. The summed E-state index contributed by atoms with van der Waals surface area (Å²) in [4.78, 5) is 10.3. The molecule has 11 heavy (non-hydrogen) atoms. The lowest BCUT2D eigenvalue weighted by molar-refractivity contribution is -0.141. The Hall–Kier alpha value is -0.790. The number of hydrogen-bond donors (Lipinski definition) is 0. The van der Waals surface area contributed by atoms with Crippen LogP contribution in [0, 0.1) is 0 Å². The molecule has 0 fully saturated rings. The third-order valence-corrected chi connectivity index (χ3v) is 1.22. The van der Waals surface area contributed by atoms with Gasteiger partial charge in [-0.1, -0.05) is 19.1 Å². The van der Waals surface area contributed by atoms with Crippen molar-refractivity contribution in [2.75, 3.05) is 6.61 Å². The number of esters is 1. The van der Waals surface area contributed by atoms with Gasteiger partial charge in [0.2, 0.25) is 0 Å². The van der Waals surface area contributed by atoms with Crippen LogP contribution in [0.15, 0.2) is 12.2 Å². The Kier molecular flexibility index (Phi) is 6.79. The molecule has 0 aromatic carbocycles. The van der Waals surface area contributed by atoms with Crippen molar-refractivity contribution in [3.63, 3.8) is 0 Å². The van der Waals surface area contributed by atoms with Crippen LogP contribution >= 0.6 is 0 Å². The normalized spacial score (nSPS) is 10.4. The molecule has 0 heterocycles. The molecule has 0 aromatic rings. The van der Waals surface area contributed by atoms with E-state index in [0.717, 1.165) is 19.3 Å². The molecule has 0 rings (SSSR count). The Balaban J connectivity index is 3.02. The lowest BCUT2D eigenvalue weighted by atomic mass is 10.3. The van der Waals surface area contributed by atoms with Crippen LogP contribution in [0.1, 0.15) is 33.1 Å². The summed E-state index contributed by atoms with van der Waals surface area (Å²) in [6, 6.07) is 0. The van der Waals surface area contributed by atoms with Crippen LogP contribution in [0.25, 0.3) is 0 Å². The largest absolute Gasteiger partial charge is 0.466 e. The van der Waals surface area contributed by atoms with Gasteiger partial charge in [0.25, 0.3) is 0 Å². The molecule has 0 amide bonds. The molecule has 0 saturated heterocycles. The molecule has 2 nitrogen and oxygen atoms in total. The van der Waals surface area contributed by atoms with Gasteiger partial charge in [0.05, 0.1) is 6.61 Å². The molecular weight excluding hydrogens is 140 g/mol. The second kappa shape index (κ2) is 7.32. The molecular formula is C9H16O2. The minimum absolute atomic E-state index is 0.190. The molecule has 0 N–H and O–H groups in total. The smallest absolute Gasteiger partial charge is 0.302 e. The fourth-order valence-electron chi connectivity index (χ4n) is 0.702. The third-order valence-electron chi connectivity index (χ3n) is 1.22. The Morgan fingerprint density at radius 1 is 1.45 bits per heavy atom. The maximum atomic E-state index is 10.3. The molecule has 0 aliphatic carbocycles. The first-order valence-corrected chi connectivity index (χ1v) is 4.05. The highest BCUT2D eigenvalue weighted by Crippen LogP contribution is 1.93. The highest BCUT2D eigenvalue weighted by Gasteiger charge is 1.89. The predicted molar refractivity (Wildman–Crippen MR) is 45.3 cm³/mol. The van der Waals surface area contributed by atoms with Crippen molar-refractivity contribution in [1.82, 2.24) is 0 Å². The van der Waals surface area contributed by atoms with Crippen LogP contribution in [0.4, 0.5) is 0 Å². The summed E-state index contributed by atoms with van der Waals surface area (Å²) in [5, 5.41) is 0. The summed E-state index contributed by atoms with van der Waals surface area (Å²) in [7, 11) is 0. The first kappa shape index (κ1) is 10.2. The average molecular weight is 156 g/mol.